The van der Waals surface area contributed by atoms with Gasteiger partial charge in [0.1, 0.15) is 29.8 Å². The summed E-state index contributed by atoms with van der Waals surface area (Å²) in [6.07, 6.45) is -5.48. The van der Waals surface area contributed by atoms with E-state index >= 15 is 0 Å². The van der Waals surface area contributed by atoms with Gasteiger partial charge in [-0.25, -0.2) is 8.78 Å². The van der Waals surface area contributed by atoms with Gasteiger partial charge in [-0.05, 0) is 47.8 Å². The van der Waals surface area contributed by atoms with Crippen LogP contribution in [0.25, 0.3) is 0 Å². The molecule has 1 aromatic carbocycles. The Balaban J connectivity index is 1.57. The molecule has 3 fully saturated rings. The number of hydrogen-bond acceptors (Lipinski definition) is 5. The highest BCUT2D eigenvalue weighted by atomic mass is 19.4. The van der Waals surface area contributed by atoms with E-state index in [2.05, 4.69) is 10.6 Å². The summed E-state index contributed by atoms with van der Waals surface area (Å²) in [5.41, 5.74) is -0.564. The zero-order valence-electron chi connectivity index (χ0n) is 21.6. The van der Waals surface area contributed by atoms with Gasteiger partial charge >= 0.3 is 12.1 Å². The molecule has 2 aliphatic heterocycles. The highest BCUT2D eigenvalue weighted by molar-refractivity contribution is 5.94. The Kier molecular flexibility index (Phi) is 7.79. The molecule has 1 aromatic rings. The lowest BCUT2D eigenvalue weighted by Gasteiger charge is -2.33. The van der Waals surface area contributed by atoms with E-state index in [0.29, 0.717) is 19.0 Å². The Bertz CT molecular complexity index is 1240. The van der Waals surface area contributed by atoms with E-state index in [1.54, 1.807) is 5.32 Å². The second-order valence-corrected chi connectivity index (χ2v) is 11.1. The zero-order valence-corrected chi connectivity index (χ0v) is 21.6. The number of carbonyl (C=O) groups is 4. The molecule has 2 saturated heterocycles. The van der Waals surface area contributed by atoms with Crippen LogP contribution >= 0.6 is 0 Å². The molecular formula is C26H28F5N5O4. The van der Waals surface area contributed by atoms with Gasteiger partial charge in [-0.1, -0.05) is 13.8 Å². The number of alkyl halides is 3. The lowest BCUT2D eigenvalue weighted by Crippen LogP contribution is -2.58. The first kappa shape index (κ1) is 29.2. The van der Waals surface area contributed by atoms with Crippen molar-refractivity contribution < 1.29 is 41.1 Å². The second kappa shape index (κ2) is 10.7. The normalized spacial score (nSPS) is 26.2. The maximum atomic E-state index is 13.8. The van der Waals surface area contributed by atoms with Crippen molar-refractivity contribution in [3.05, 3.63) is 35.4 Å². The maximum Gasteiger partial charge on any atom is 0.471 e. The van der Waals surface area contributed by atoms with E-state index in [1.807, 2.05) is 19.9 Å². The fourth-order valence-corrected chi connectivity index (χ4v) is 5.97. The summed E-state index contributed by atoms with van der Waals surface area (Å²) >= 11 is 0. The van der Waals surface area contributed by atoms with E-state index in [9.17, 15) is 46.4 Å². The van der Waals surface area contributed by atoms with Crippen molar-refractivity contribution in [1.29, 1.82) is 5.26 Å². The van der Waals surface area contributed by atoms with Gasteiger partial charge in [0.25, 0.3) is 0 Å². The first-order valence-corrected chi connectivity index (χ1v) is 12.7. The number of rotatable bonds is 8. The third kappa shape index (κ3) is 5.88. The van der Waals surface area contributed by atoms with Crippen molar-refractivity contribution in [3.8, 4) is 6.07 Å². The lowest BCUT2D eigenvalue weighted by atomic mass is 9.96. The quantitative estimate of drug-likeness (QED) is 0.409. The molecule has 9 nitrogen and oxygen atoms in total. The van der Waals surface area contributed by atoms with Gasteiger partial charge < -0.3 is 20.9 Å². The molecule has 1 aliphatic carbocycles. The third-order valence-corrected chi connectivity index (χ3v) is 8.14. The molecule has 0 spiro atoms. The fraction of sp³-hybridized carbons (Fsp3) is 0.577. The molecule has 0 bridgehead atoms. The minimum absolute atomic E-state index is 0.00720. The molecule has 2 heterocycles. The first-order valence-electron chi connectivity index (χ1n) is 12.7. The smallest absolute Gasteiger partial charge is 0.356 e. The molecular weight excluding hydrogens is 541 g/mol. The Morgan fingerprint density at radius 1 is 1.18 bits per heavy atom. The topological polar surface area (TPSA) is 131 Å². The van der Waals surface area contributed by atoms with Gasteiger partial charge in [0.2, 0.25) is 17.7 Å². The predicted octanol–water partition coefficient (Wildman–Crippen LogP) is 1.57. The summed E-state index contributed by atoms with van der Waals surface area (Å²) in [4.78, 5) is 51.8. The summed E-state index contributed by atoms with van der Waals surface area (Å²) in [5, 5.41) is 16.4. The number of hydrogen-bond donors (Lipinski definition) is 3. The number of benzene rings is 1. The Morgan fingerprint density at radius 2 is 1.82 bits per heavy atom. The first-order chi connectivity index (χ1) is 18.6. The minimum Gasteiger partial charge on any atom is -0.356 e. The van der Waals surface area contributed by atoms with Crippen molar-refractivity contribution in [2.75, 3.05) is 13.1 Å². The lowest BCUT2D eigenvalue weighted by molar-refractivity contribution is -0.175. The number of carbonyl (C=O) groups excluding carboxylic acids is 4. The van der Waals surface area contributed by atoms with Gasteiger partial charge in [0.05, 0.1) is 6.07 Å². The molecule has 3 N–H and O–H groups in total. The van der Waals surface area contributed by atoms with Crippen LogP contribution < -0.4 is 16.0 Å². The SMILES string of the molecule is CC1(C)C2CN(C(=O)[C@H](Cc3cc(F)cc(F)c3)NC(=O)C(F)(F)F)C(C(=O)N[C@H](C#N)C[C@@H]3CCNC3=O)C21. The van der Waals surface area contributed by atoms with Crippen molar-refractivity contribution in [3.63, 3.8) is 0 Å². The average Bonchev–Trinajstić information content (AvgIpc) is 3.19. The monoisotopic (exact) mass is 569 g/mol. The van der Waals surface area contributed by atoms with Crippen LogP contribution in [0.15, 0.2) is 18.2 Å². The van der Waals surface area contributed by atoms with E-state index in [1.165, 1.54) is 0 Å². The van der Waals surface area contributed by atoms with E-state index < -0.39 is 66.0 Å². The molecule has 3 aliphatic rings. The molecule has 6 atom stereocenters. The van der Waals surface area contributed by atoms with E-state index in [0.717, 1.165) is 17.0 Å². The molecule has 1 saturated carbocycles. The molecule has 40 heavy (non-hydrogen) atoms. The van der Waals surface area contributed by atoms with Gasteiger partial charge in [0.15, 0.2) is 0 Å². The minimum atomic E-state index is -5.34. The van der Waals surface area contributed by atoms with Crippen LogP contribution in [-0.2, 0) is 25.6 Å². The van der Waals surface area contributed by atoms with E-state index in [-0.39, 0.29) is 41.7 Å². The second-order valence-electron chi connectivity index (χ2n) is 11.1. The molecule has 3 unspecified atom stereocenters. The van der Waals surface area contributed by atoms with Gasteiger partial charge in [-0.2, -0.15) is 18.4 Å². The Morgan fingerprint density at radius 3 is 2.38 bits per heavy atom. The number of nitrogens with one attached hydrogen (secondary N) is 3. The van der Waals surface area contributed by atoms with Crippen molar-refractivity contribution in [2.24, 2.45) is 23.2 Å². The highest BCUT2D eigenvalue weighted by Gasteiger charge is 2.69. The predicted molar refractivity (Wildman–Crippen MR) is 128 cm³/mol. The number of amides is 4. The largest absolute Gasteiger partial charge is 0.471 e. The van der Waals surface area contributed by atoms with Crippen LogP contribution in [-0.4, -0.2) is 65.9 Å². The van der Waals surface area contributed by atoms with E-state index in [4.69, 9.17) is 0 Å². The van der Waals surface area contributed by atoms with Crippen molar-refractivity contribution in [2.45, 2.75) is 57.4 Å². The van der Waals surface area contributed by atoms with Gasteiger partial charge in [0, 0.05) is 31.5 Å². The number of fused-ring (bicyclic) bond motifs is 1. The number of nitriles is 1. The average molecular weight is 570 g/mol. The van der Waals surface area contributed by atoms with Gasteiger partial charge in [-0.3, -0.25) is 19.2 Å². The summed E-state index contributed by atoms with van der Waals surface area (Å²) in [6.45, 7) is 4.17. The molecule has 14 heteroatoms. The van der Waals surface area contributed by atoms with Crippen LogP contribution in [0.3, 0.4) is 0 Å². The molecule has 4 rings (SSSR count). The summed E-state index contributed by atoms with van der Waals surface area (Å²) < 4.78 is 66.8. The summed E-state index contributed by atoms with van der Waals surface area (Å²) in [6, 6.07) is 0.0210. The van der Waals surface area contributed by atoms with Crippen LogP contribution in [0.1, 0.15) is 32.3 Å². The molecule has 0 aromatic heterocycles. The van der Waals surface area contributed by atoms with Crippen LogP contribution in [0.2, 0.25) is 0 Å². The van der Waals surface area contributed by atoms with Crippen LogP contribution in [0.5, 0.6) is 0 Å². The third-order valence-electron chi connectivity index (χ3n) is 8.14. The number of nitrogens with zero attached hydrogens (tertiary/aromatic N) is 2. The highest BCUT2D eigenvalue weighted by Crippen LogP contribution is 2.65. The van der Waals surface area contributed by atoms with Crippen LogP contribution in [0.4, 0.5) is 22.0 Å². The van der Waals surface area contributed by atoms with Crippen molar-refractivity contribution in [1.82, 2.24) is 20.9 Å². The Labute approximate surface area is 226 Å². The standard InChI is InChI=1S/C26H28F5N5O4/c1-25(2)17-11-36(20(19(17)25)22(38)34-16(10-32)8-13-3-4-33-21(13)37)23(39)18(35-24(40)26(29,30)31)7-12-5-14(27)9-15(28)6-12/h5-6,9,13,16-20H,3-4,7-8,11H2,1-2H3,(H,33,37)(H,34,38)(H,35,40)/t13-,16-,17?,18-,19?,20?/m0/s1. The summed E-state index contributed by atoms with van der Waals surface area (Å²) in [5.74, 6) is -7.50. The van der Waals surface area contributed by atoms with Crippen molar-refractivity contribution >= 4 is 23.6 Å². The van der Waals surface area contributed by atoms with Gasteiger partial charge in [-0.15, -0.1) is 0 Å². The summed E-state index contributed by atoms with van der Waals surface area (Å²) in [7, 11) is 0. The molecule has 216 valence electrons. The Hall–Kier alpha value is -3.76. The zero-order chi connectivity index (χ0) is 29.6. The fourth-order valence-electron chi connectivity index (χ4n) is 5.97. The van der Waals surface area contributed by atoms with Crippen LogP contribution in [0, 0.1) is 46.1 Å². The number of piperidine rings is 1. The molecule has 0 radical (unpaired) electrons. The molecule has 4 amide bonds. The maximum absolute atomic E-state index is 13.8. The number of halogens is 5. The number of likely N-dealkylation sites (tertiary alicyclic amines) is 1.